The first-order valence-electron chi connectivity index (χ1n) is 9.02. The van der Waals surface area contributed by atoms with Crippen LogP contribution in [0.15, 0.2) is 48.7 Å². The second-order valence-corrected chi connectivity index (χ2v) is 6.24. The molecule has 1 heterocycles. The number of aromatic nitrogens is 2. The largest absolute Gasteiger partial charge is 0.361 e. The highest BCUT2D eigenvalue weighted by Crippen LogP contribution is 2.26. The van der Waals surface area contributed by atoms with Crippen LogP contribution in [-0.2, 0) is 22.5 Å². The van der Waals surface area contributed by atoms with Crippen molar-refractivity contribution in [2.75, 3.05) is 18.2 Å². The van der Waals surface area contributed by atoms with Crippen LogP contribution in [0, 0.1) is 6.92 Å². The summed E-state index contributed by atoms with van der Waals surface area (Å²) in [6.45, 7) is 7.04. The summed E-state index contributed by atoms with van der Waals surface area (Å²) in [4.78, 5) is 14.9. The minimum atomic E-state index is -0.0312. The van der Waals surface area contributed by atoms with Crippen molar-refractivity contribution in [3.63, 3.8) is 0 Å². The SMILES string of the molecule is CCOCN(C(=O)Cn1ncc2ccccc21)c1c(C)cccc1CC. The van der Waals surface area contributed by atoms with E-state index < -0.39 is 0 Å². The molecule has 0 fully saturated rings. The molecule has 26 heavy (non-hydrogen) atoms. The number of carbonyl (C=O) groups excluding carboxylic acids is 1. The van der Waals surface area contributed by atoms with Gasteiger partial charge in [-0.15, -0.1) is 0 Å². The van der Waals surface area contributed by atoms with Crippen LogP contribution in [0.2, 0.25) is 0 Å². The van der Waals surface area contributed by atoms with Crippen molar-refractivity contribution >= 4 is 22.5 Å². The number of fused-ring (bicyclic) bond motifs is 1. The summed E-state index contributed by atoms with van der Waals surface area (Å²) in [5.41, 5.74) is 4.12. The lowest BCUT2D eigenvalue weighted by molar-refractivity contribution is -0.120. The molecule has 0 aliphatic heterocycles. The van der Waals surface area contributed by atoms with E-state index in [2.05, 4.69) is 18.1 Å². The summed E-state index contributed by atoms with van der Waals surface area (Å²) in [5.74, 6) is -0.0312. The van der Waals surface area contributed by atoms with Gasteiger partial charge in [-0.05, 0) is 37.5 Å². The molecule has 3 aromatic rings. The van der Waals surface area contributed by atoms with Crippen LogP contribution >= 0.6 is 0 Å². The summed E-state index contributed by atoms with van der Waals surface area (Å²) in [6, 6.07) is 14.0. The van der Waals surface area contributed by atoms with E-state index in [0.29, 0.717) is 6.61 Å². The minimum absolute atomic E-state index is 0.0312. The average Bonchev–Trinajstić information content (AvgIpc) is 3.06. The molecular weight excluding hydrogens is 326 g/mol. The number of carbonyl (C=O) groups is 1. The van der Waals surface area contributed by atoms with Gasteiger partial charge in [0.1, 0.15) is 13.3 Å². The van der Waals surface area contributed by atoms with E-state index >= 15 is 0 Å². The van der Waals surface area contributed by atoms with E-state index in [9.17, 15) is 4.79 Å². The monoisotopic (exact) mass is 351 g/mol. The molecule has 2 aromatic carbocycles. The van der Waals surface area contributed by atoms with Crippen molar-refractivity contribution in [3.05, 3.63) is 59.8 Å². The number of hydrogen-bond acceptors (Lipinski definition) is 3. The molecule has 0 atom stereocenters. The molecule has 136 valence electrons. The lowest BCUT2D eigenvalue weighted by Crippen LogP contribution is -2.37. The van der Waals surface area contributed by atoms with E-state index in [1.54, 1.807) is 15.8 Å². The summed E-state index contributed by atoms with van der Waals surface area (Å²) in [6.07, 6.45) is 2.65. The minimum Gasteiger partial charge on any atom is -0.361 e. The van der Waals surface area contributed by atoms with Crippen LogP contribution in [0.5, 0.6) is 0 Å². The van der Waals surface area contributed by atoms with Crippen molar-refractivity contribution in [1.29, 1.82) is 0 Å². The number of ether oxygens (including phenoxy) is 1. The van der Waals surface area contributed by atoms with Crippen LogP contribution in [0.1, 0.15) is 25.0 Å². The number of aryl methyl sites for hydroxylation is 2. The topological polar surface area (TPSA) is 47.4 Å². The first-order chi connectivity index (χ1) is 12.7. The van der Waals surface area contributed by atoms with Crippen molar-refractivity contribution in [3.8, 4) is 0 Å². The van der Waals surface area contributed by atoms with Crippen LogP contribution in [-0.4, -0.2) is 29.0 Å². The standard InChI is InChI=1S/C21H25N3O2/c1-4-17-11-8-9-16(3)21(17)23(15-26-5-2)20(25)14-24-19-12-7-6-10-18(19)13-22-24/h6-13H,4-5,14-15H2,1-3H3. The Hall–Kier alpha value is -2.66. The third-order valence-electron chi connectivity index (χ3n) is 4.53. The quantitative estimate of drug-likeness (QED) is 0.606. The molecule has 0 N–H and O–H groups in total. The van der Waals surface area contributed by atoms with Crippen LogP contribution in [0.25, 0.3) is 10.9 Å². The summed E-state index contributed by atoms with van der Waals surface area (Å²) in [5, 5.41) is 5.41. The number of hydrogen-bond donors (Lipinski definition) is 0. The molecule has 0 saturated heterocycles. The van der Waals surface area contributed by atoms with E-state index in [4.69, 9.17) is 4.74 Å². The molecule has 0 unspecified atom stereocenters. The Balaban J connectivity index is 1.94. The number of nitrogens with zero attached hydrogens (tertiary/aromatic N) is 3. The summed E-state index contributed by atoms with van der Waals surface area (Å²) in [7, 11) is 0. The molecule has 3 rings (SSSR count). The van der Waals surface area contributed by atoms with Gasteiger partial charge in [-0.25, -0.2) is 0 Å². The Labute approximate surface area is 154 Å². The number of amides is 1. The fraction of sp³-hybridized carbons (Fsp3) is 0.333. The molecule has 5 heteroatoms. The first kappa shape index (κ1) is 18.1. The highest BCUT2D eigenvalue weighted by molar-refractivity contribution is 5.95. The Bertz CT molecular complexity index is 901. The molecule has 0 radical (unpaired) electrons. The second kappa shape index (κ2) is 8.15. The van der Waals surface area contributed by atoms with Gasteiger partial charge in [0.15, 0.2) is 0 Å². The van der Waals surface area contributed by atoms with Crippen LogP contribution in [0.4, 0.5) is 5.69 Å². The average molecular weight is 351 g/mol. The predicted molar refractivity (Wildman–Crippen MR) is 104 cm³/mol. The van der Waals surface area contributed by atoms with Gasteiger partial charge >= 0.3 is 0 Å². The van der Waals surface area contributed by atoms with E-state index in [1.807, 2.05) is 50.2 Å². The van der Waals surface area contributed by atoms with Crippen molar-refractivity contribution in [2.45, 2.75) is 33.7 Å². The van der Waals surface area contributed by atoms with Crippen molar-refractivity contribution in [1.82, 2.24) is 9.78 Å². The van der Waals surface area contributed by atoms with E-state index in [1.165, 1.54) is 0 Å². The maximum atomic E-state index is 13.2. The maximum Gasteiger partial charge on any atom is 0.250 e. The van der Waals surface area contributed by atoms with Crippen LogP contribution in [0.3, 0.4) is 0 Å². The number of benzene rings is 2. The molecule has 5 nitrogen and oxygen atoms in total. The van der Waals surface area contributed by atoms with Gasteiger partial charge in [-0.3, -0.25) is 14.4 Å². The van der Waals surface area contributed by atoms with Crippen LogP contribution < -0.4 is 4.90 Å². The van der Waals surface area contributed by atoms with Gasteiger partial charge in [0.05, 0.1) is 17.4 Å². The van der Waals surface area contributed by atoms with Gasteiger partial charge in [-0.2, -0.15) is 5.10 Å². The Kier molecular flexibility index (Phi) is 5.68. The highest BCUT2D eigenvalue weighted by Gasteiger charge is 2.21. The van der Waals surface area contributed by atoms with Gasteiger partial charge in [0, 0.05) is 12.0 Å². The molecule has 1 amide bonds. The number of rotatable bonds is 7. The van der Waals surface area contributed by atoms with Gasteiger partial charge in [0.25, 0.3) is 5.91 Å². The van der Waals surface area contributed by atoms with Crippen molar-refractivity contribution in [2.24, 2.45) is 0 Å². The smallest absolute Gasteiger partial charge is 0.250 e. The number of para-hydroxylation sites is 2. The predicted octanol–water partition coefficient (Wildman–Crippen LogP) is 3.93. The van der Waals surface area contributed by atoms with Gasteiger partial charge in [-0.1, -0.05) is 43.3 Å². The second-order valence-electron chi connectivity index (χ2n) is 6.24. The first-order valence-corrected chi connectivity index (χ1v) is 9.02. The molecule has 0 bridgehead atoms. The molecular formula is C21H25N3O2. The molecule has 0 aliphatic carbocycles. The lowest BCUT2D eigenvalue weighted by atomic mass is 10.0. The third kappa shape index (κ3) is 3.63. The molecule has 0 aliphatic rings. The number of anilines is 1. The highest BCUT2D eigenvalue weighted by atomic mass is 16.5. The Morgan fingerprint density at radius 3 is 2.73 bits per heavy atom. The maximum absolute atomic E-state index is 13.2. The fourth-order valence-electron chi connectivity index (χ4n) is 3.20. The summed E-state index contributed by atoms with van der Waals surface area (Å²) >= 11 is 0. The molecule has 1 aromatic heterocycles. The third-order valence-corrected chi connectivity index (χ3v) is 4.53. The Morgan fingerprint density at radius 2 is 1.96 bits per heavy atom. The van der Waals surface area contributed by atoms with Gasteiger partial charge in [0.2, 0.25) is 0 Å². The van der Waals surface area contributed by atoms with Crippen molar-refractivity contribution < 1.29 is 9.53 Å². The lowest BCUT2D eigenvalue weighted by Gasteiger charge is -2.26. The van der Waals surface area contributed by atoms with E-state index in [0.717, 1.165) is 34.1 Å². The van der Waals surface area contributed by atoms with E-state index in [-0.39, 0.29) is 19.2 Å². The molecule has 0 spiro atoms. The zero-order valence-corrected chi connectivity index (χ0v) is 15.6. The zero-order chi connectivity index (χ0) is 18.5. The normalized spacial score (nSPS) is 11.0. The fourth-order valence-corrected chi connectivity index (χ4v) is 3.20. The van der Waals surface area contributed by atoms with Gasteiger partial charge < -0.3 is 4.74 Å². The zero-order valence-electron chi connectivity index (χ0n) is 15.6. The Morgan fingerprint density at radius 1 is 1.15 bits per heavy atom. The molecule has 0 saturated carbocycles. The summed E-state index contributed by atoms with van der Waals surface area (Å²) < 4.78 is 7.36.